The number of likely N-dealkylation sites (N-methyl/N-ethyl adjacent to an activating group) is 1. The molecule has 0 atom stereocenters. The number of piperazine rings is 1. The van der Waals surface area contributed by atoms with Crippen LogP contribution in [0.25, 0.3) is 0 Å². The van der Waals surface area contributed by atoms with Crippen molar-refractivity contribution in [3.8, 4) is 0 Å². The van der Waals surface area contributed by atoms with Gasteiger partial charge in [0.25, 0.3) is 0 Å². The third-order valence-corrected chi connectivity index (χ3v) is 6.13. The van der Waals surface area contributed by atoms with Gasteiger partial charge in [-0.25, -0.2) is 0 Å². The van der Waals surface area contributed by atoms with Gasteiger partial charge < -0.3 is 4.90 Å². The fraction of sp³-hybridized carbons (Fsp3) is 0.722. The van der Waals surface area contributed by atoms with E-state index in [1.807, 2.05) is 11.3 Å². The summed E-state index contributed by atoms with van der Waals surface area (Å²) in [6.45, 7) is 5.37. The summed E-state index contributed by atoms with van der Waals surface area (Å²) < 4.78 is 0. The summed E-state index contributed by atoms with van der Waals surface area (Å²) in [4.78, 5) is 20.8. The van der Waals surface area contributed by atoms with Gasteiger partial charge in [-0.05, 0) is 31.3 Å². The minimum absolute atomic E-state index is 0.314. The number of hydrogen-bond acceptors (Lipinski definition) is 4. The van der Waals surface area contributed by atoms with Crippen LogP contribution in [-0.4, -0.2) is 66.4 Å². The second-order valence-corrected chi connectivity index (χ2v) is 7.98. The molecule has 0 spiro atoms. The van der Waals surface area contributed by atoms with Crippen LogP contribution >= 0.6 is 11.3 Å². The largest absolute Gasteiger partial charge is 0.339 e. The van der Waals surface area contributed by atoms with Crippen molar-refractivity contribution in [2.24, 2.45) is 0 Å². The van der Waals surface area contributed by atoms with Crippen molar-refractivity contribution in [2.45, 2.75) is 44.7 Å². The Labute approximate surface area is 144 Å². The molecule has 2 heterocycles. The molecule has 0 unspecified atom stereocenters. The van der Waals surface area contributed by atoms with Crippen LogP contribution in [0.2, 0.25) is 0 Å². The summed E-state index contributed by atoms with van der Waals surface area (Å²) in [5, 5.41) is 2.14. The van der Waals surface area contributed by atoms with Gasteiger partial charge in [0, 0.05) is 43.6 Å². The topological polar surface area (TPSA) is 26.8 Å². The van der Waals surface area contributed by atoms with Crippen LogP contribution in [0.5, 0.6) is 0 Å². The van der Waals surface area contributed by atoms with E-state index in [4.69, 9.17) is 0 Å². The van der Waals surface area contributed by atoms with Gasteiger partial charge in [-0.15, -0.1) is 11.3 Å². The predicted octanol–water partition coefficient (Wildman–Crippen LogP) is 2.66. The highest BCUT2D eigenvalue weighted by Gasteiger charge is 2.25. The quantitative estimate of drug-likeness (QED) is 0.828. The normalized spacial score (nSPS) is 21.0. The number of carbonyl (C=O) groups is 1. The van der Waals surface area contributed by atoms with Crippen molar-refractivity contribution in [3.63, 3.8) is 0 Å². The van der Waals surface area contributed by atoms with Gasteiger partial charge in [0.2, 0.25) is 5.91 Å². The molecule has 2 aliphatic rings. The molecule has 3 rings (SSSR count). The first-order valence-electron chi connectivity index (χ1n) is 8.95. The summed E-state index contributed by atoms with van der Waals surface area (Å²) >= 11 is 1.82. The molecular formula is C18H29N3OS. The van der Waals surface area contributed by atoms with Gasteiger partial charge in [-0.1, -0.05) is 25.3 Å². The molecule has 5 heteroatoms. The van der Waals surface area contributed by atoms with E-state index in [9.17, 15) is 4.79 Å². The third kappa shape index (κ3) is 4.78. The highest BCUT2D eigenvalue weighted by atomic mass is 32.1. The Hall–Kier alpha value is -0.910. The van der Waals surface area contributed by atoms with Crippen LogP contribution in [0.4, 0.5) is 0 Å². The maximum Gasteiger partial charge on any atom is 0.236 e. The molecule has 0 aromatic carbocycles. The molecule has 1 amide bonds. The average Bonchev–Trinajstić information content (AvgIpc) is 3.09. The molecule has 0 radical (unpaired) electrons. The van der Waals surface area contributed by atoms with Crippen molar-refractivity contribution in [3.05, 3.63) is 22.4 Å². The summed E-state index contributed by atoms with van der Waals surface area (Å²) in [6, 6.07) is 4.93. The van der Waals surface area contributed by atoms with E-state index < -0.39 is 0 Å². The van der Waals surface area contributed by atoms with Crippen molar-refractivity contribution >= 4 is 17.2 Å². The van der Waals surface area contributed by atoms with Crippen LogP contribution in [0.3, 0.4) is 0 Å². The molecule has 1 saturated heterocycles. The number of hydrogen-bond donors (Lipinski definition) is 0. The van der Waals surface area contributed by atoms with Gasteiger partial charge in [0.1, 0.15) is 0 Å². The minimum Gasteiger partial charge on any atom is -0.339 e. The van der Waals surface area contributed by atoms with Gasteiger partial charge in [0.15, 0.2) is 0 Å². The maximum atomic E-state index is 12.5. The lowest BCUT2D eigenvalue weighted by Gasteiger charge is -2.37. The standard InChI is InChI=1S/C18H29N3OS/c1-19(16-6-3-2-4-7-16)15-18(22)21-11-9-20(10-12-21)14-17-8-5-13-23-17/h5,8,13,16H,2-4,6-7,9-12,14-15H2,1H3. The Morgan fingerprint density at radius 1 is 1.22 bits per heavy atom. The Morgan fingerprint density at radius 3 is 2.61 bits per heavy atom. The van der Waals surface area contributed by atoms with E-state index in [1.54, 1.807) is 0 Å². The fourth-order valence-corrected chi connectivity index (χ4v) is 4.49. The Balaban J connectivity index is 1.40. The van der Waals surface area contributed by atoms with E-state index in [0.717, 1.165) is 32.7 Å². The van der Waals surface area contributed by atoms with Crippen LogP contribution in [0.1, 0.15) is 37.0 Å². The van der Waals surface area contributed by atoms with E-state index in [0.29, 0.717) is 18.5 Å². The summed E-state index contributed by atoms with van der Waals surface area (Å²) in [5.41, 5.74) is 0. The first kappa shape index (κ1) is 16.9. The summed E-state index contributed by atoms with van der Waals surface area (Å²) in [5.74, 6) is 0.314. The molecule has 23 heavy (non-hydrogen) atoms. The third-order valence-electron chi connectivity index (χ3n) is 5.27. The predicted molar refractivity (Wildman–Crippen MR) is 95.7 cm³/mol. The molecule has 128 valence electrons. The second kappa shape index (κ2) is 8.27. The first-order valence-corrected chi connectivity index (χ1v) is 9.83. The lowest BCUT2D eigenvalue weighted by Crippen LogP contribution is -2.51. The monoisotopic (exact) mass is 335 g/mol. The molecule has 1 aromatic rings. The number of rotatable bonds is 5. The van der Waals surface area contributed by atoms with Crippen molar-refractivity contribution in [1.29, 1.82) is 0 Å². The lowest BCUT2D eigenvalue weighted by molar-refractivity contribution is -0.134. The van der Waals surface area contributed by atoms with Crippen LogP contribution in [0.15, 0.2) is 17.5 Å². The zero-order valence-electron chi connectivity index (χ0n) is 14.2. The van der Waals surface area contributed by atoms with E-state index in [-0.39, 0.29) is 0 Å². The summed E-state index contributed by atoms with van der Waals surface area (Å²) in [7, 11) is 2.13. The lowest BCUT2D eigenvalue weighted by atomic mass is 9.94. The molecule has 4 nitrogen and oxygen atoms in total. The molecule has 2 fully saturated rings. The Morgan fingerprint density at radius 2 is 1.96 bits per heavy atom. The molecule has 1 saturated carbocycles. The van der Waals surface area contributed by atoms with Gasteiger partial charge in [0.05, 0.1) is 6.54 Å². The molecule has 1 aliphatic heterocycles. The van der Waals surface area contributed by atoms with Crippen LogP contribution < -0.4 is 0 Å². The average molecular weight is 336 g/mol. The highest BCUT2D eigenvalue weighted by Crippen LogP contribution is 2.21. The fourth-order valence-electron chi connectivity index (χ4n) is 3.74. The number of thiophene rings is 1. The van der Waals surface area contributed by atoms with E-state index in [2.05, 4.69) is 39.3 Å². The minimum atomic E-state index is 0.314. The maximum absolute atomic E-state index is 12.5. The van der Waals surface area contributed by atoms with E-state index >= 15 is 0 Å². The molecule has 1 aromatic heterocycles. The second-order valence-electron chi connectivity index (χ2n) is 6.94. The van der Waals surface area contributed by atoms with Gasteiger partial charge in [-0.2, -0.15) is 0 Å². The van der Waals surface area contributed by atoms with Gasteiger partial charge >= 0.3 is 0 Å². The SMILES string of the molecule is CN(CC(=O)N1CCN(Cc2cccs2)CC1)C1CCCCC1. The molecule has 0 N–H and O–H groups in total. The van der Waals surface area contributed by atoms with Crippen LogP contribution in [-0.2, 0) is 11.3 Å². The van der Waals surface area contributed by atoms with E-state index in [1.165, 1.54) is 37.0 Å². The Bertz CT molecular complexity index is 476. The van der Waals surface area contributed by atoms with Crippen LogP contribution in [0, 0.1) is 0 Å². The highest BCUT2D eigenvalue weighted by molar-refractivity contribution is 7.09. The zero-order chi connectivity index (χ0) is 16.1. The van der Waals surface area contributed by atoms with Crippen molar-refractivity contribution < 1.29 is 4.79 Å². The first-order chi connectivity index (χ1) is 11.2. The molecule has 0 bridgehead atoms. The van der Waals surface area contributed by atoms with Gasteiger partial charge in [-0.3, -0.25) is 14.6 Å². The zero-order valence-corrected chi connectivity index (χ0v) is 15.1. The smallest absolute Gasteiger partial charge is 0.236 e. The number of amides is 1. The summed E-state index contributed by atoms with van der Waals surface area (Å²) in [6.07, 6.45) is 6.54. The number of carbonyl (C=O) groups excluding carboxylic acids is 1. The Kier molecular flexibility index (Phi) is 6.08. The van der Waals surface area contributed by atoms with Crippen molar-refractivity contribution in [1.82, 2.24) is 14.7 Å². The van der Waals surface area contributed by atoms with Crippen molar-refractivity contribution in [2.75, 3.05) is 39.8 Å². The molecular weight excluding hydrogens is 306 g/mol. The molecule has 1 aliphatic carbocycles. The number of nitrogens with zero attached hydrogens (tertiary/aromatic N) is 3.